The maximum Gasteiger partial charge on any atom is 0.278 e. The van der Waals surface area contributed by atoms with Crippen molar-refractivity contribution < 1.29 is 9.72 Å². The molecular formula is C15H10ClN5O4. The summed E-state index contributed by atoms with van der Waals surface area (Å²) in [4.78, 5) is 34.5. The summed E-state index contributed by atoms with van der Waals surface area (Å²) in [6.07, 6.45) is 0. The molecule has 1 aromatic heterocycles. The number of fused-ring (bicyclic) bond motifs is 1. The molecule has 10 heteroatoms. The van der Waals surface area contributed by atoms with Crippen molar-refractivity contribution in [1.29, 1.82) is 0 Å². The van der Waals surface area contributed by atoms with Gasteiger partial charge in [0, 0.05) is 12.1 Å². The van der Waals surface area contributed by atoms with E-state index < -0.39 is 16.4 Å². The fourth-order valence-electron chi connectivity index (χ4n) is 2.17. The summed E-state index contributed by atoms with van der Waals surface area (Å²) in [7, 11) is 0. The second kappa shape index (κ2) is 6.65. The van der Waals surface area contributed by atoms with Crippen molar-refractivity contribution in [2.24, 2.45) is 0 Å². The average molecular weight is 360 g/mol. The molecule has 0 aliphatic rings. The zero-order valence-corrected chi connectivity index (χ0v) is 13.3. The Kier molecular flexibility index (Phi) is 4.40. The molecule has 0 aliphatic heterocycles. The van der Waals surface area contributed by atoms with Crippen molar-refractivity contribution in [3.8, 4) is 0 Å². The highest BCUT2D eigenvalue weighted by atomic mass is 35.5. The largest absolute Gasteiger partial charge is 0.323 e. The molecule has 0 saturated heterocycles. The lowest BCUT2D eigenvalue weighted by molar-refractivity contribution is -0.384. The summed E-state index contributed by atoms with van der Waals surface area (Å²) in [6.45, 7) is -0.371. The quantitative estimate of drug-likeness (QED) is 0.561. The fraction of sp³-hybridized carbons (Fsp3) is 0.0667. The number of nitro benzene ring substituents is 1. The minimum atomic E-state index is -0.596. The third-order valence-corrected chi connectivity index (χ3v) is 3.67. The first-order chi connectivity index (χ1) is 12.0. The number of hydrogen-bond donors (Lipinski definition) is 1. The maximum absolute atomic E-state index is 12.3. The van der Waals surface area contributed by atoms with Gasteiger partial charge in [0.05, 0.1) is 21.0 Å². The van der Waals surface area contributed by atoms with Crippen LogP contribution in [0.2, 0.25) is 5.02 Å². The van der Waals surface area contributed by atoms with Crippen LogP contribution in [0.25, 0.3) is 10.9 Å². The standard InChI is InChI=1S/C15H10ClN5O4/c16-11-7-9(21(24)25)5-6-13(11)17-14(22)8-20-15(23)10-3-1-2-4-12(10)18-19-20/h1-7H,8H2,(H,17,22). The number of non-ortho nitro benzene ring substituents is 1. The Bertz CT molecular complexity index is 1050. The van der Waals surface area contributed by atoms with Gasteiger partial charge in [0.25, 0.3) is 11.2 Å². The molecule has 0 radical (unpaired) electrons. The van der Waals surface area contributed by atoms with Gasteiger partial charge in [0.1, 0.15) is 12.1 Å². The van der Waals surface area contributed by atoms with E-state index in [0.717, 1.165) is 10.7 Å². The molecule has 1 amide bonds. The Morgan fingerprint density at radius 2 is 2.04 bits per heavy atom. The van der Waals surface area contributed by atoms with Crippen LogP contribution in [0.4, 0.5) is 11.4 Å². The van der Waals surface area contributed by atoms with E-state index in [1.165, 1.54) is 12.1 Å². The van der Waals surface area contributed by atoms with Crippen LogP contribution in [0, 0.1) is 10.1 Å². The minimum absolute atomic E-state index is 0.0134. The third-order valence-electron chi connectivity index (χ3n) is 3.36. The van der Waals surface area contributed by atoms with E-state index in [-0.39, 0.29) is 22.9 Å². The number of rotatable bonds is 4. The SMILES string of the molecule is O=C(Cn1nnc2ccccc2c1=O)Nc1ccc([N+](=O)[O-])cc1Cl. The van der Waals surface area contributed by atoms with E-state index in [2.05, 4.69) is 15.6 Å². The molecule has 0 fully saturated rings. The number of halogens is 1. The Labute approximate surface area is 145 Å². The fourth-order valence-corrected chi connectivity index (χ4v) is 2.39. The van der Waals surface area contributed by atoms with Crippen molar-refractivity contribution in [3.05, 3.63) is 68.0 Å². The number of hydrogen-bond acceptors (Lipinski definition) is 6. The molecule has 3 aromatic rings. The average Bonchev–Trinajstić information content (AvgIpc) is 2.59. The molecule has 25 heavy (non-hydrogen) atoms. The van der Waals surface area contributed by atoms with Gasteiger partial charge in [0.2, 0.25) is 5.91 Å². The van der Waals surface area contributed by atoms with E-state index in [1.807, 2.05) is 0 Å². The number of benzene rings is 2. The number of aromatic nitrogens is 3. The Morgan fingerprint density at radius 3 is 2.76 bits per heavy atom. The molecule has 0 atom stereocenters. The van der Waals surface area contributed by atoms with Crippen molar-refractivity contribution in [2.75, 3.05) is 5.32 Å². The van der Waals surface area contributed by atoms with Crippen molar-refractivity contribution >= 4 is 39.8 Å². The monoisotopic (exact) mass is 359 g/mol. The summed E-state index contributed by atoms with van der Waals surface area (Å²) >= 11 is 5.91. The molecule has 9 nitrogen and oxygen atoms in total. The third kappa shape index (κ3) is 3.45. The number of nitrogens with zero attached hydrogens (tertiary/aromatic N) is 4. The van der Waals surface area contributed by atoms with Crippen LogP contribution in [0.15, 0.2) is 47.3 Å². The van der Waals surface area contributed by atoms with Gasteiger partial charge in [-0.1, -0.05) is 28.9 Å². The van der Waals surface area contributed by atoms with Gasteiger partial charge in [-0.25, -0.2) is 4.68 Å². The predicted molar refractivity (Wildman–Crippen MR) is 90.5 cm³/mol. The number of anilines is 1. The van der Waals surface area contributed by atoms with Gasteiger partial charge < -0.3 is 5.32 Å². The number of carbonyl (C=O) groups excluding carboxylic acids is 1. The molecule has 1 N–H and O–H groups in total. The van der Waals surface area contributed by atoms with Crippen molar-refractivity contribution in [1.82, 2.24) is 15.0 Å². The van der Waals surface area contributed by atoms with E-state index in [9.17, 15) is 19.7 Å². The maximum atomic E-state index is 12.3. The number of amides is 1. The molecule has 0 bridgehead atoms. The van der Waals surface area contributed by atoms with Crippen LogP contribution in [0.3, 0.4) is 0 Å². The van der Waals surface area contributed by atoms with E-state index in [0.29, 0.717) is 10.9 Å². The van der Waals surface area contributed by atoms with E-state index >= 15 is 0 Å². The highest BCUT2D eigenvalue weighted by Crippen LogP contribution is 2.26. The topological polar surface area (TPSA) is 120 Å². The summed E-state index contributed by atoms with van der Waals surface area (Å²) in [6, 6.07) is 10.3. The molecule has 0 saturated carbocycles. The molecule has 0 aliphatic carbocycles. The molecular weight excluding hydrogens is 350 g/mol. The van der Waals surface area contributed by atoms with Gasteiger partial charge in [-0.2, -0.15) is 0 Å². The van der Waals surface area contributed by atoms with Gasteiger partial charge in [-0.3, -0.25) is 19.7 Å². The first-order valence-corrected chi connectivity index (χ1v) is 7.40. The van der Waals surface area contributed by atoms with Crippen LogP contribution in [-0.4, -0.2) is 25.8 Å². The highest BCUT2D eigenvalue weighted by Gasteiger charge is 2.13. The highest BCUT2D eigenvalue weighted by molar-refractivity contribution is 6.33. The minimum Gasteiger partial charge on any atom is -0.323 e. The van der Waals surface area contributed by atoms with Crippen molar-refractivity contribution in [3.63, 3.8) is 0 Å². The van der Waals surface area contributed by atoms with Gasteiger partial charge in [0.15, 0.2) is 0 Å². The lowest BCUT2D eigenvalue weighted by Crippen LogP contribution is -2.30. The molecule has 0 unspecified atom stereocenters. The lowest BCUT2D eigenvalue weighted by atomic mass is 10.2. The molecule has 0 spiro atoms. The Balaban J connectivity index is 1.80. The predicted octanol–water partition coefficient (Wildman–Crippen LogP) is 1.99. The zero-order valence-electron chi connectivity index (χ0n) is 12.5. The van der Waals surface area contributed by atoms with Crippen LogP contribution in [-0.2, 0) is 11.3 Å². The molecule has 3 rings (SSSR count). The summed E-state index contributed by atoms with van der Waals surface area (Å²) in [5.41, 5.74) is -0.0169. The summed E-state index contributed by atoms with van der Waals surface area (Å²) in [5.74, 6) is -0.567. The Morgan fingerprint density at radius 1 is 1.28 bits per heavy atom. The van der Waals surface area contributed by atoms with Crippen LogP contribution >= 0.6 is 11.6 Å². The normalized spacial score (nSPS) is 10.6. The first-order valence-electron chi connectivity index (χ1n) is 7.02. The van der Waals surface area contributed by atoms with Gasteiger partial charge in [-0.15, -0.1) is 5.10 Å². The van der Waals surface area contributed by atoms with Crippen LogP contribution < -0.4 is 10.9 Å². The zero-order chi connectivity index (χ0) is 18.0. The molecule has 126 valence electrons. The molecule has 1 heterocycles. The van der Waals surface area contributed by atoms with E-state index in [1.54, 1.807) is 24.3 Å². The lowest BCUT2D eigenvalue weighted by Gasteiger charge is -2.08. The summed E-state index contributed by atoms with van der Waals surface area (Å²) < 4.78 is 0.928. The molecule has 2 aromatic carbocycles. The van der Waals surface area contributed by atoms with Crippen LogP contribution in [0.1, 0.15) is 0 Å². The van der Waals surface area contributed by atoms with Gasteiger partial charge in [-0.05, 0) is 18.2 Å². The number of carbonyl (C=O) groups is 1. The number of nitro groups is 1. The van der Waals surface area contributed by atoms with Gasteiger partial charge >= 0.3 is 0 Å². The second-order valence-corrected chi connectivity index (χ2v) is 5.45. The Hall–Kier alpha value is -3.33. The first kappa shape index (κ1) is 16.5. The summed E-state index contributed by atoms with van der Waals surface area (Å²) in [5, 5.41) is 21.1. The van der Waals surface area contributed by atoms with E-state index in [4.69, 9.17) is 11.6 Å². The van der Waals surface area contributed by atoms with Crippen LogP contribution in [0.5, 0.6) is 0 Å². The van der Waals surface area contributed by atoms with Crippen molar-refractivity contribution in [2.45, 2.75) is 6.54 Å². The smallest absolute Gasteiger partial charge is 0.278 e. The second-order valence-electron chi connectivity index (χ2n) is 5.04. The number of nitrogens with one attached hydrogen (secondary N) is 1.